The van der Waals surface area contributed by atoms with Crippen molar-refractivity contribution in [2.75, 3.05) is 40.3 Å². The summed E-state index contributed by atoms with van der Waals surface area (Å²) in [5.41, 5.74) is 2.02. The summed E-state index contributed by atoms with van der Waals surface area (Å²) in [5, 5.41) is 0. The first-order valence-electron chi connectivity index (χ1n) is 8.06. The van der Waals surface area contributed by atoms with Crippen LogP contribution in [0.25, 0.3) is 11.1 Å². The Morgan fingerprint density at radius 1 is 0.917 bits per heavy atom. The molecule has 1 saturated heterocycles. The van der Waals surface area contributed by atoms with Crippen LogP contribution in [0.1, 0.15) is 0 Å². The molecule has 0 aromatic heterocycles. The molecule has 1 N–H and O–H groups in total. The van der Waals surface area contributed by atoms with E-state index in [-0.39, 0.29) is 0 Å². The summed E-state index contributed by atoms with van der Waals surface area (Å²) in [4.78, 5) is 1.73. The quantitative estimate of drug-likeness (QED) is 0.893. The molecule has 2 aromatic carbocycles. The van der Waals surface area contributed by atoms with E-state index in [2.05, 4.69) is 7.05 Å². The van der Waals surface area contributed by atoms with Crippen molar-refractivity contribution in [3.8, 4) is 16.9 Å². The van der Waals surface area contributed by atoms with Crippen molar-refractivity contribution >= 4 is 10.0 Å². The smallest absolute Gasteiger partial charge is 0.243 e. The molecule has 6 heteroatoms. The van der Waals surface area contributed by atoms with Crippen LogP contribution in [0.4, 0.5) is 0 Å². The summed E-state index contributed by atoms with van der Waals surface area (Å²) in [7, 11) is 0.329. The summed E-state index contributed by atoms with van der Waals surface area (Å²) in [6.45, 7) is 2.86. The Kier molecular flexibility index (Phi) is 4.89. The monoisotopic (exact) mass is 347 g/mol. The molecule has 5 nitrogen and oxygen atoms in total. The number of nitrogens with one attached hydrogen (secondary N) is 1. The molecule has 0 radical (unpaired) electrons. The van der Waals surface area contributed by atoms with Gasteiger partial charge in [-0.2, -0.15) is 4.31 Å². The molecule has 1 fully saturated rings. The lowest BCUT2D eigenvalue weighted by Gasteiger charge is -2.29. The summed E-state index contributed by atoms with van der Waals surface area (Å²) < 4.78 is 32.2. The number of piperazine rings is 1. The Balaban J connectivity index is 1.80. The highest BCUT2D eigenvalue weighted by molar-refractivity contribution is 7.89. The minimum Gasteiger partial charge on any atom is -0.497 e. The van der Waals surface area contributed by atoms with E-state index in [0.29, 0.717) is 18.0 Å². The lowest BCUT2D eigenvalue weighted by atomic mass is 10.1. The van der Waals surface area contributed by atoms with Crippen molar-refractivity contribution in [2.24, 2.45) is 0 Å². The molecule has 1 heterocycles. The molecule has 3 rings (SSSR count). The van der Waals surface area contributed by atoms with Gasteiger partial charge in [-0.05, 0) is 35.4 Å². The predicted octanol–water partition coefficient (Wildman–Crippen LogP) is 0.881. The standard InChI is InChI=1S/C18H22N2O3S/c1-19-11-13-20(14-12-19)24(21,22)18-9-5-16(6-10-18)15-3-7-17(23-2)8-4-15/h3-10H,11-14H2,1-2H3/p+1. The molecule has 0 saturated carbocycles. The van der Waals surface area contributed by atoms with Gasteiger partial charge in [-0.25, -0.2) is 8.42 Å². The maximum Gasteiger partial charge on any atom is 0.243 e. The third kappa shape index (κ3) is 3.45. The fourth-order valence-electron chi connectivity index (χ4n) is 2.86. The molecular weight excluding hydrogens is 324 g/mol. The molecule has 1 aliphatic heterocycles. The largest absolute Gasteiger partial charge is 0.497 e. The number of nitrogens with zero attached hydrogens (tertiary/aromatic N) is 1. The van der Waals surface area contributed by atoms with Gasteiger partial charge in [-0.3, -0.25) is 0 Å². The molecule has 24 heavy (non-hydrogen) atoms. The van der Waals surface area contributed by atoms with E-state index < -0.39 is 10.0 Å². The van der Waals surface area contributed by atoms with Gasteiger partial charge in [0.15, 0.2) is 0 Å². The topological polar surface area (TPSA) is 51.1 Å². The fraction of sp³-hybridized carbons (Fsp3) is 0.333. The van der Waals surface area contributed by atoms with Crippen LogP contribution in [-0.4, -0.2) is 53.1 Å². The maximum atomic E-state index is 12.7. The normalized spacial score (nSPS) is 16.9. The van der Waals surface area contributed by atoms with Gasteiger partial charge in [0.1, 0.15) is 5.75 Å². The van der Waals surface area contributed by atoms with Crippen molar-refractivity contribution in [3.63, 3.8) is 0 Å². The highest BCUT2D eigenvalue weighted by Gasteiger charge is 2.28. The number of methoxy groups -OCH3 is 1. The van der Waals surface area contributed by atoms with Crippen LogP contribution in [-0.2, 0) is 10.0 Å². The Morgan fingerprint density at radius 3 is 1.92 bits per heavy atom. The van der Waals surface area contributed by atoms with Crippen LogP contribution in [0, 0.1) is 0 Å². The highest BCUT2D eigenvalue weighted by Crippen LogP contribution is 2.24. The summed E-state index contributed by atoms with van der Waals surface area (Å²) in [6.07, 6.45) is 0. The second-order valence-corrected chi connectivity index (χ2v) is 8.05. The zero-order valence-electron chi connectivity index (χ0n) is 14.0. The van der Waals surface area contributed by atoms with E-state index >= 15 is 0 Å². The summed E-state index contributed by atoms with van der Waals surface area (Å²) in [6, 6.07) is 14.8. The van der Waals surface area contributed by atoms with Crippen LogP contribution in [0.3, 0.4) is 0 Å². The first-order valence-corrected chi connectivity index (χ1v) is 9.50. The molecule has 128 valence electrons. The number of benzene rings is 2. The van der Waals surface area contributed by atoms with Gasteiger partial charge >= 0.3 is 0 Å². The minimum absolute atomic E-state index is 0.360. The van der Waals surface area contributed by atoms with Crippen LogP contribution >= 0.6 is 0 Å². The SMILES string of the molecule is COc1ccc(-c2ccc(S(=O)(=O)N3CC[NH+](C)CC3)cc2)cc1. The first-order chi connectivity index (χ1) is 11.5. The number of likely N-dealkylation sites (N-methyl/N-ethyl adjacent to an activating group) is 1. The molecule has 0 atom stereocenters. The maximum absolute atomic E-state index is 12.7. The Morgan fingerprint density at radius 2 is 1.42 bits per heavy atom. The lowest BCUT2D eigenvalue weighted by Crippen LogP contribution is -3.12. The van der Waals surface area contributed by atoms with E-state index in [1.54, 1.807) is 23.5 Å². The molecule has 1 aliphatic rings. The third-order valence-electron chi connectivity index (χ3n) is 4.49. The van der Waals surface area contributed by atoms with E-state index in [9.17, 15) is 8.42 Å². The van der Waals surface area contributed by atoms with Gasteiger partial charge in [0, 0.05) is 0 Å². The number of sulfonamides is 1. The van der Waals surface area contributed by atoms with Crippen LogP contribution < -0.4 is 9.64 Å². The lowest BCUT2D eigenvalue weighted by molar-refractivity contribution is -0.883. The van der Waals surface area contributed by atoms with Gasteiger partial charge in [0.25, 0.3) is 0 Å². The van der Waals surface area contributed by atoms with Crippen molar-refractivity contribution in [3.05, 3.63) is 48.5 Å². The average molecular weight is 347 g/mol. The van der Waals surface area contributed by atoms with Crippen molar-refractivity contribution in [2.45, 2.75) is 4.90 Å². The third-order valence-corrected chi connectivity index (χ3v) is 6.40. The predicted molar refractivity (Wildman–Crippen MR) is 93.8 cm³/mol. The number of quaternary nitrogens is 1. The van der Waals surface area contributed by atoms with Crippen LogP contribution in [0.15, 0.2) is 53.4 Å². The van der Waals surface area contributed by atoms with Gasteiger partial charge in [0.2, 0.25) is 10.0 Å². The zero-order chi connectivity index (χ0) is 17.2. The van der Waals surface area contributed by atoms with Gasteiger partial charge in [-0.15, -0.1) is 0 Å². The second kappa shape index (κ2) is 6.93. The van der Waals surface area contributed by atoms with Gasteiger partial charge in [-0.1, -0.05) is 24.3 Å². The molecular formula is C18H23N2O3S+. The molecule has 0 unspecified atom stereocenters. The summed E-state index contributed by atoms with van der Waals surface area (Å²) in [5.74, 6) is 0.801. The molecule has 0 spiro atoms. The average Bonchev–Trinajstić information content (AvgIpc) is 2.62. The fourth-order valence-corrected chi connectivity index (χ4v) is 4.30. The zero-order valence-corrected chi connectivity index (χ0v) is 14.8. The number of rotatable bonds is 4. The molecule has 0 bridgehead atoms. The molecule has 0 amide bonds. The number of hydrogen-bond donors (Lipinski definition) is 1. The molecule has 2 aromatic rings. The first kappa shape index (κ1) is 17.0. The molecule has 0 aliphatic carbocycles. The van der Waals surface area contributed by atoms with E-state index in [4.69, 9.17) is 4.74 Å². The van der Waals surface area contributed by atoms with Crippen LogP contribution in [0.5, 0.6) is 5.75 Å². The number of ether oxygens (including phenoxy) is 1. The van der Waals surface area contributed by atoms with Crippen molar-refractivity contribution in [1.29, 1.82) is 0 Å². The minimum atomic E-state index is -3.40. The Labute approximate surface area is 143 Å². The van der Waals surface area contributed by atoms with Crippen LogP contribution in [0.2, 0.25) is 0 Å². The van der Waals surface area contributed by atoms with Gasteiger partial charge in [0.05, 0.1) is 45.2 Å². The highest BCUT2D eigenvalue weighted by atomic mass is 32.2. The van der Waals surface area contributed by atoms with E-state index in [0.717, 1.165) is 30.0 Å². The second-order valence-electron chi connectivity index (χ2n) is 6.11. The Hall–Kier alpha value is -1.89. The van der Waals surface area contributed by atoms with Crippen molar-refractivity contribution in [1.82, 2.24) is 4.31 Å². The Bertz CT molecular complexity index is 778. The summed E-state index contributed by atoms with van der Waals surface area (Å²) >= 11 is 0. The van der Waals surface area contributed by atoms with Gasteiger partial charge < -0.3 is 9.64 Å². The number of hydrogen-bond acceptors (Lipinski definition) is 3. The van der Waals surface area contributed by atoms with E-state index in [1.807, 2.05) is 36.4 Å². The van der Waals surface area contributed by atoms with Crippen molar-refractivity contribution < 1.29 is 18.1 Å². The van der Waals surface area contributed by atoms with E-state index in [1.165, 1.54) is 4.90 Å².